The van der Waals surface area contributed by atoms with Crippen LogP contribution >= 0.6 is 11.8 Å². The zero-order valence-corrected chi connectivity index (χ0v) is 12.3. The number of thioether (sulfide) groups is 1. The summed E-state index contributed by atoms with van der Waals surface area (Å²) in [6.07, 6.45) is 2.04. The van der Waals surface area contributed by atoms with E-state index in [1.165, 1.54) is 16.0 Å². The molecule has 0 radical (unpaired) electrons. The van der Waals surface area contributed by atoms with Crippen LogP contribution in [0.1, 0.15) is 11.1 Å². The van der Waals surface area contributed by atoms with E-state index in [-0.39, 0.29) is 5.82 Å². The van der Waals surface area contributed by atoms with E-state index in [0.717, 1.165) is 12.8 Å². The molecule has 0 spiro atoms. The van der Waals surface area contributed by atoms with E-state index in [9.17, 15) is 4.39 Å². The monoisotopic (exact) mass is 287 g/mol. The fraction of sp³-hybridized carbons (Fsp3) is 0.294. The number of hydrogen-bond acceptors (Lipinski definition) is 2. The number of rotatable bonds is 4. The number of halogens is 1. The molecule has 3 rings (SSSR count). The molecule has 0 fully saturated rings. The van der Waals surface area contributed by atoms with E-state index in [4.69, 9.17) is 0 Å². The van der Waals surface area contributed by atoms with E-state index in [0.29, 0.717) is 11.3 Å². The van der Waals surface area contributed by atoms with Crippen LogP contribution in [0.3, 0.4) is 0 Å². The summed E-state index contributed by atoms with van der Waals surface area (Å²) in [7, 11) is 2.01. The van der Waals surface area contributed by atoms with Crippen LogP contribution in [0.5, 0.6) is 0 Å². The molecule has 1 aliphatic rings. The van der Waals surface area contributed by atoms with Crippen molar-refractivity contribution in [2.75, 3.05) is 7.05 Å². The molecule has 0 saturated carbocycles. The van der Waals surface area contributed by atoms with Crippen LogP contribution < -0.4 is 5.32 Å². The summed E-state index contributed by atoms with van der Waals surface area (Å²) >= 11 is 1.95. The molecule has 0 amide bonds. The van der Waals surface area contributed by atoms with E-state index in [2.05, 4.69) is 29.6 Å². The van der Waals surface area contributed by atoms with Gasteiger partial charge in [-0.2, -0.15) is 0 Å². The third-order valence-corrected chi connectivity index (χ3v) is 5.31. The average Bonchev–Trinajstić information content (AvgIpc) is 2.90. The summed E-state index contributed by atoms with van der Waals surface area (Å²) in [6.45, 7) is 0. The molecule has 2 unspecified atom stereocenters. The lowest BCUT2D eigenvalue weighted by atomic mass is 9.99. The topological polar surface area (TPSA) is 12.0 Å². The summed E-state index contributed by atoms with van der Waals surface area (Å²) < 4.78 is 13.0. The molecule has 104 valence electrons. The SMILES string of the molecule is CNC(Cc1ccc(F)cc1)C1Cc2ccccc2S1. The van der Waals surface area contributed by atoms with Crippen molar-refractivity contribution < 1.29 is 4.39 Å². The normalized spacial score (nSPS) is 18.8. The van der Waals surface area contributed by atoms with Gasteiger partial charge in [0.25, 0.3) is 0 Å². The minimum absolute atomic E-state index is 0.169. The van der Waals surface area contributed by atoms with Gasteiger partial charge in [0.15, 0.2) is 0 Å². The molecule has 2 aromatic rings. The highest BCUT2D eigenvalue weighted by Gasteiger charge is 2.28. The molecule has 0 bridgehead atoms. The fourth-order valence-electron chi connectivity index (χ4n) is 2.73. The first-order valence-corrected chi connectivity index (χ1v) is 7.80. The minimum Gasteiger partial charge on any atom is -0.316 e. The number of benzene rings is 2. The number of likely N-dealkylation sites (N-methyl/N-ethyl adjacent to an activating group) is 1. The van der Waals surface area contributed by atoms with Crippen molar-refractivity contribution >= 4 is 11.8 Å². The van der Waals surface area contributed by atoms with Gasteiger partial charge < -0.3 is 5.32 Å². The Morgan fingerprint density at radius 2 is 1.95 bits per heavy atom. The first-order chi connectivity index (χ1) is 9.76. The Bertz CT molecular complexity index is 557. The van der Waals surface area contributed by atoms with Gasteiger partial charge in [0.05, 0.1) is 0 Å². The summed E-state index contributed by atoms with van der Waals surface area (Å²) in [5, 5.41) is 3.97. The van der Waals surface area contributed by atoms with E-state index in [1.807, 2.05) is 30.9 Å². The third-order valence-electron chi connectivity index (χ3n) is 3.86. The first kappa shape index (κ1) is 13.7. The molecule has 0 aliphatic carbocycles. The van der Waals surface area contributed by atoms with Crippen molar-refractivity contribution in [3.8, 4) is 0 Å². The predicted octanol–water partition coefficient (Wildman–Crippen LogP) is 3.67. The molecule has 0 saturated heterocycles. The quantitative estimate of drug-likeness (QED) is 0.921. The van der Waals surface area contributed by atoms with E-state index < -0.39 is 0 Å². The Hall–Kier alpha value is -1.32. The van der Waals surface area contributed by atoms with Crippen molar-refractivity contribution in [1.82, 2.24) is 5.32 Å². The van der Waals surface area contributed by atoms with Crippen LogP contribution in [0.15, 0.2) is 53.4 Å². The van der Waals surface area contributed by atoms with Gasteiger partial charge in [0.1, 0.15) is 5.82 Å². The Morgan fingerprint density at radius 3 is 2.65 bits per heavy atom. The second-order valence-corrected chi connectivity index (χ2v) is 6.47. The van der Waals surface area contributed by atoms with Gasteiger partial charge in [-0.25, -0.2) is 4.39 Å². The van der Waals surface area contributed by atoms with Crippen LogP contribution in [0.2, 0.25) is 0 Å². The zero-order chi connectivity index (χ0) is 13.9. The lowest BCUT2D eigenvalue weighted by Gasteiger charge is -2.22. The first-order valence-electron chi connectivity index (χ1n) is 6.92. The Morgan fingerprint density at radius 1 is 1.20 bits per heavy atom. The molecular formula is C17H18FNS. The van der Waals surface area contributed by atoms with Crippen LogP contribution in [0, 0.1) is 5.82 Å². The van der Waals surface area contributed by atoms with Crippen LogP contribution in [-0.2, 0) is 12.8 Å². The third kappa shape index (κ3) is 2.89. The van der Waals surface area contributed by atoms with Gasteiger partial charge in [-0.15, -0.1) is 11.8 Å². The molecule has 20 heavy (non-hydrogen) atoms. The maximum atomic E-state index is 13.0. The lowest BCUT2D eigenvalue weighted by molar-refractivity contribution is 0.536. The van der Waals surface area contributed by atoms with E-state index in [1.54, 1.807) is 12.1 Å². The molecule has 2 atom stereocenters. The largest absolute Gasteiger partial charge is 0.316 e. The van der Waals surface area contributed by atoms with Crippen molar-refractivity contribution in [1.29, 1.82) is 0 Å². The maximum Gasteiger partial charge on any atom is 0.123 e. The van der Waals surface area contributed by atoms with E-state index >= 15 is 0 Å². The smallest absolute Gasteiger partial charge is 0.123 e. The molecule has 1 nitrogen and oxygen atoms in total. The van der Waals surface area contributed by atoms with Crippen molar-refractivity contribution in [3.05, 3.63) is 65.5 Å². The van der Waals surface area contributed by atoms with Gasteiger partial charge >= 0.3 is 0 Å². The number of fused-ring (bicyclic) bond motifs is 1. The molecule has 1 N–H and O–H groups in total. The second kappa shape index (κ2) is 5.98. The van der Waals surface area contributed by atoms with Crippen LogP contribution in [-0.4, -0.2) is 18.3 Å². The molecule has 0 aromatic heterocycles. The molecule has 3 heteroatoms. The van der Waals surface area contributed by atoms with Crippen molar-refractivity contribution in [2.24, 2.45) is 0 Å². The molecule has 2 aromatic carbocycles. The minimum atomic E-state index is -0.169. The van der Waals surface area contributed by atoms with Crippen LogP contribution in [0.4, 0.5) is 4.39 Å². The standard InChI is InChI=1S/C17H18FNS/c1-19-15(10-12-6-8-14(18)9-7-12)17-11-13-4-2-3-5-16(13)20-17/h2-9,15,17,19H,10-11H2,1H3. The predicted molar refractivity (Wildman–Crippen MR) is 82.7 cm³/mol. The van der Waals surface area contributed by atoms with Gasteiger partial charge in [-0.3, -0.25) is 0 Å². The lowest BCUT2D eigenvalue weighted by Crippen LogP contribution is -2.37. The maximum absolute atomic E-state index is 13.0. The Balaban J connectivity index is 1.71. The van der Waals surface area contributed by atoms with Gasteiger partial charge in [0, 0.05) is 16.2 Å². The zero-order valence-electron chi connectivity index (χ0n) is 11.5. The van der Waals surface area contributed by atoms with Gasteiger partial charge in [-0.1, -0.05) is 30.3 Å². The molecule has 1 heterocycles. The second-order valence-electron chi connectivity index (χ2n) is 5.19. The van der Waals surface area contributed by atoms with Crippen LogP contribution in [0.25, 0.3) is 0 Å². The number of hydrogen-bond donors (Lipinski definition) is 1. The number of nitrogens with one attached hydrogen (secondary N) is 1. The summed E-state index contributed by atoms with van der Waals surface area (Å²) in [5.41, 5.74) is 2.63. The Kier molecular flexibility index (Phi) is 4.08. The Labute approximate surface area is 123 Å². The summed E-state index contributed by atoms with van der Waals surface area (Å²) in [5.74, 6) is -0.169. The van der Waals surface area contributed by atoms with Crippen molar-refractivity contribution in [2.45, 2.75) is 29.0 Å². The van der Waals surface area contributed by atoms with Crippen molar-refractivity contribution in [3.63, 3.8) is 0 Å². The van der Waals surface area contributed by atoms with Gasteiger partial charge in [-0.05, 0) is 49.2 Å². The highest BCUT2D eigenvalue weighted by molar-refractivity contribution is 8.00. The average molecular weight is 287 g/mol. The highest BCUT2D eigenvalue weighted by Crippen LogP contribution is 2.38. The molecular weight excluding hydrogens is 269 g/mol. The highest BCUT2D eigenvalue weighted by atomic mass is 32.2. The van der Waals surface area contributed by atoms with Gasteiger partial charge in [0.2, 0.25) is 0 Å². The summed E-state index contributed by atoms with van der Waals surface area (Å²) in [6, 6.07) is 15.9. The fourth-order valence-corrected chi connectivity index (χ4v) is 4.17. The summed E-state index contributed by atoms with van der Waals surface area (Å²) in [4.78, 5) is 1.40. The molecule has 1 aliphatic heterocycles.